The monoisotopic (exact) mass is 395 g/mol. The quantitative estimate of drug-likeness (QED) is 0.503. The van der Waals surface area contributed by atoms with Gasteiger partial charge in [-0.1, -0.05) is 42.1 Å². The van der Waals surface area contributed by atoms with E-state index in [0.717, 1.165) is 23.0 Å². The fraction of sp³-hybridized carbons (Fsp3) is 0.263. The largest absolute Gasteiger partial charge is 0.309 e. The number of aromatic amines is 1. The molecule has 0 atom stereocenters. The number of thiophene rings is 1. The maximum atomic E-state index is 12.2. The van der Waals surface area contributed by atoms with E-state index in [-0.39, 0.29) is 5.56 Å². The third-order valence-electron chi connectivity index (χ3n) is 4.57. The van der Waals surface area contributed by atoms with Gasteiger partial charge in [-0.25, -0.2) is 4.98 Å². The number of aromatic nitrogens is 5. The number of nitrogens with one attached hydrogen (secondary N) is 1. The van der Waals surface area contributed by atoms with Crippen molar-refractivity contribution in [3.05, 3.63) is 69.3 Å². The first-order chi connectivity index (χ1) is 13.3. The molecule has 1 saturated carbocycles. The Morgan fingerprint density at radius 1 is 1.19 bits per heavy atom. The van der Waals surface area contributed by atoms with E-state index in [0.29, 0.717) is 22.2 Å². The smallest absolute Gasteiger partial charge is 0.268 e. The fourth-order valence-corrected chi connectivity index (χ4v) is 4.63. The summed E-state index contributed by atoms with van der Waals surface area (Å²) in [6.45, 7) is 0.759. The van der Waals surface area contributed by atoms with Crippen molar-refractivity contribution < 1.29 is 0 Å². The molecule has 1 aliphatic carbocycles. The summed E-state index contributed by atoms with van der Waals surface area (Å²) in [5.74, 6) is 2.81. The van der Waals surface area contributed by atoms with E-state index in [1.165, 1.54) is 29.7 Å². The average molecular weight is 396 g/mol. The van der Waals surface area contributed by atoms with Crippen molar-refractivity contribution in [1.29, 1.82) is 0 Å². The van der Waals surface area contributed by atoms with Crippen LogP contribution in [0.1, 0.15) is 36.0 Å². The molecule has 27 heavy (non-hydrogen) atoms. The summed E-state index contributed by atoms with van der Waals surface area (Å²) >= 11 is 2.98. The van der Waals surface area contributed by atoms with Crippen LogP contribution in [-0.4, -0.2) is 24.7 Å². The number of hydrogen-bond donors (Lipinski definition) is 1. The lowest BCUT2D eigenvalue weighted by Gasteiger charge is -2.10. The molecule has 0 bridgehead atoms. The highest BCUT2D eigenvalue weighted by Crippen LogP contribution is 2.40. The second-order valence-electron chi connectivity index (χ2n) is 6.62. The van der Waals surface area contributed by atoms with Gasteiger partial charge in [-0.05, 0) is 29.9 Å². The number of nitrogens with zero attached hydrogens (tertiary/aromatic N) is 4. The molecule has 1 aromatic carbocycles. The number of fused-ring (bicyclic) bond motifs is 1. The summed E-state index contributed by atoms with van der Waals surface area (Å²) < 4.78 is 2.88. The van der Waals surface area contributed by atoms with Gasteiger partial charge in [-0.15, -0.1) is 21.5 Å². The Hall–Kier alpha value is -2.45. The highest BCUT2D eigenvalue weighted by Gasteiger charge is 2.30. The fourth-order valence-electron chi connectivity index (χ4n) is 3.09. The molecule has 0 radical (unpaired) electrons. The van der Waals surface area contributed by atoms with Gasteiger partial charge in [-0.2, -0.15) is 0 Å². The lowest BCUT2D eigenvalue weighted by Crippen LogP contribution is -2.10. The summed E-state index contributed by atoms with van der Waals surface area (Å²) in [7, 11) is 0. The normalized spacial score (nSPS) is 14.1. The van der Waals surface area contributed by atoms with Crippen LogP contribution >= 0.6 is 23.1 Å². The number of rotatable bonds is 6. The average Bonchev–Trinajstić information content (AvgIpc) is 3.27. The molecule has 1 fully saturated rings. The lowest BCUT2D eigenvalue weighted by molar-refractivity contribution is 0.667. The molecular weight excluding hydrogens is 378 g/mol. The summed E-state index contributed by atoms with van der Waals surface area (Å²) in [6.07, 6.45) is 2.36. The SMILES string of the molecule is O=c1[nH]c(CSc2nnc(C3CC3)n2Cc2ccccc2)nc2ccsc12. The molecule has 0 amide bonds. The van der Waals surface area contributed by atoms with Crippen molar-refractivity contribution >= 4 is 33.3 Å². The molecule has 0 aliphatic heterocycles. The van der Waals surface area contributed by atoms with Gasteiger partial charge in [0.2, 0.25) is 0 Å². The first-order valence-electron chi connectivity index (χ1n) is 8.84. The topological polar surface area (TPSA) is 76.5 Å². The summed E-state index contributed by atoms with van der Waals surface area (Å²) in [5.41, 5.74) is 1.91. The lowest BCUT2D eigenvalue weighted by atomic mass is 10.2. The minimum atomic E-state index is -0.0741. The molecule has 8 heteroatoms. The zero-order valence-corrected chi connectivity index (χ0v) is 16.1. The summed E-state index contributed by atoms with van der Waals surface area (Å²) in [5, 5.41) is 11.6. The summed E-state index contributed by atoms with van der Waals surface area (Å²) in [4.78, 5) is 19.6. The molecule has 1 N–H and O–H groups in total. The Morgan fingerprint density at radius 2 is 2.04 bits per heavy atom. The first-order valence-corrected chi connectivity index (χ1v) is 10.7. The third kappa shape index (κ3) is 3.42. The van der Waals surface area contributed by atoms with Crippen LogP contribution in [0.15, 0.2) is 51.7 Å². The molecule has 3 aromatic heterocycles. The van der Waals surface area contributed by atoms with E-state index >= 15 is 0 Å². The number of H-pyrrole nitrogens is 1. The van der Waals surface area contributed by atoms with Gasteiger partial charge in [-0.3, -0.25) is 4.79 Å². The minimum absolute atomic E-state index is 0.0741. The van der Waals surface area contributed by atoms with Crippen molar-refractivity contribution in [1.82, 2.24) is 24.7 Å². The van der Waals surface area contributed by atoms with Crippen molar-refractivity contribution in [2.75, 3.05) is 0 Å². The predicted octanol–water partition coefficient (Wildman–Crippen LogP) is 3.79. The Labute approximate surface area is 163 Å². The van der Waals surface area contributed by atoms with Crippen LogP contribution < -0.4 is 5.56 Å². The van der Waals surface area contributed by atoms with E-state index < -0.39 is 0 Å². The zero-order chi connectivity index (χ0) is 18.2. The Kier molecular flexibility index (Phi) is 4.29. The van der Waals surface area contributed by atoms with E-state index in [1.807, 2.05) is 29.6 Å². The Balaban J connectivity index is 1.41. The number of thioether (sulfide) groups is 1. The van der Waals surface area contributed by atoms with Gasteiger partial charge in [0.15, 0.2) is 5.16 Å². The van der Waals surface area contributed by atoms with Crippen molar-refractivity contribution in [3.63, 3.8) is 0 Å². The standard InChI is InChI=1S/C19H17N5OS2/c25-18-16-14(8-9-26-16)20-15(21-18)11-27-19-23-22-17(13-6-7-13)24(19)10-12-4-2-1-3-5-12/h1-5,8-9,13H,6-7,10-11H2,(H,20,21,25). The van der Waals surface area contributed by atoms with Crippen LogP contribution in [0.4, 0.5) is 0 Å². The maximum Gasteiger partial charge on any atom is 0.268 e. The van der Waals surface area contributed by atoms with Crippen LogP contribution in [0.2, 0.25) is 0 Å². The van der Waals surface area contributed by atoms with E-state index in [1.54, 1.807) is 11.8 Å². The highest BCUT2D eigenvalue weighted by atomic mass is 32.2. The molecule has 1 aliphatic rings. The van der Waals surface area contributed by atoms with Gasteiger partial charge in [0.25, 0.3) is 5.56 Å². The van der Waals surface area contributed by atoms with Crippen LogP contribution in [0.3, 0.4) is 0 Å². The van der Waals surface area contributed by atoms with Crippen molar-refractivity contribution in [2.24, 2.45) is 0 Å². The van der Waals surface area contributed by atoms with Crippen molar-refractivity contribution in [2.45, 2.75) is 36.2 Å². The zero-order valence-electron chi connectivity index (χ0n) is 14.5. The van der Waals surface area contributed by atoms with Gasteiger partial charge in [0, 0.05) is 5.92 Å². The molecule has 4 aromatic rings. The highest BCUT2D eigenvalue weighted by molar-refractivity contribution is 7.98. The molecule has 0 saturated heterocycles. The second-order valence-corrected chi connectivity index (χ2v) is 8.48. The molecule has 5 rings (SSSR count). The van der Waals surface area contributed by atoms with Crippen LogP contribution in [0.5, 0.6) is 0 Å². The molecule has 0 spiro atoms. The van der Waals surface area contributed by atoms with Gasteiger partial charge in [0.1, 0.15) is 16.3 Å². The molecule has 0 unspecified atom stereocenters. The predicted molar refractivity (Wildman–Crippen MR) is 107 cm³/mol. The van der Waals surface area contributed by atoms with Crippen LogP contribution in [-0.2, 0) is 12.3 Å². The maximum absolute atomic E-state index is 12.2. The minimum Gasteiger partial charge on any atom is -0.309 e. The first kappa shape index (κ1) is 16.7. The third-order valence-corrected chi connectivity index (χ3v) is 6.45. The Bertz CT molecular complexity index is 1140. The molecule has 6 nitrogen and oxygen atoms in total. The van der Waals surface area contributed by atoms with Crippen LogP contribution in [0.25, 0.3) is 10.2 Å². The van der Waals surface area contributed by atoms with Crippen molar-refractivity contribution in [3.8, 4) is 0 Å². The number of benzene rings is 1. The Morgan fingerprint density at radius 3 is 2.85 bits per heavy atom. The van der Waals surface area contributed by atoms with E-state index in [4.69, 9.17) is 0 Å². The van der Waals surface area contributed by atoms with Gasteiger partial charge < -0.3 is 9.55 Å². The molecular formula is C19H17N5OS2. The van der Waals surface area contributed by atoms with E-state index in [2.05, 4.69) is 36.9 Å². The van der Waals surface area contributed by atoms with E-state index in [9.17, 15) is 4.79 Å². The van der Waals surface area contributed by atoms with Crippen LogP contribution in [0, 0.1) is 0 Å². The van der Waals surface area contributed by atoms with Gasteiger partial charge in [0.05, 0.1) is 17.8 Å². The second kappa shape index (κ2) is 6.94. The number of hydrogen-bond acceptors (Lipinski definition) is 6. The summed E-state index contributed by atoms with van der Waals surface area (Å²) in [6, 6.07) is 12.2. The molecule has 3 heterocycles. The molecule has 136 valence electrons. The van der Waals surface area contributed by atoms with Gasteiger partial charge >= 0.3 is 0 Å².